The van der Waals surface area contributed by atoms with Crippen molar-refractivity contribution < 1.29 is 13.2 Å². The number of sulfone groups is 1. The number of aromatic nitrogens is 1. The molecule has 98 valence electrons. The molecular formula is C12H16N2O3S. The number of rotatable bonds is 1. The van der Waals surface area contributed by atoms with Gasteiger partial charge in [0.25, 0.3) is 0 Å². The van der Waals surface area contributed by atoms with Gasteiger partial charge in [0, 0.05) is 18.9 Å². The summed E-state index contributed by atoms with van der Waals surface area (Å²) in [5.41, 5.74) is 0.384. The van der Waals surface area contributed by atoms with Crippen molar-refractivity contribution in [2.24, 2.45) is 0 Å². The molecule has 0 aromatic carbocycles. The predicted octanol–water partition coefficient (Wildman–Crippen LogP) is 0.300. The summed E-state index contributed by atoms with van der Waals surface area (Å²) in [6.07, 6.45) is 4.05. The third-order valence-corrected chi connectivity index (χ3v) is 5.44. The molecule has 2 atom stereocenters. The Bertz CT molecular complexity index is 532. The van der Waals surface area contributed by atoms with E-state index in [4.69, 9.17) is 4.74 Å². The van der Waals surface area contributed by atoms with Gasteiger partial charge in [-0.05, 0) is 18.1 Å². The zero-order chi connectivity index (χ0) is 12.6. The molecule has 0 saturated carbocycles. The summed E-state index contributed by atoms with van der Waals surface area (Å²) >= 11 is 0. The lowest BCUT2D eigenvalue weighted by atomic mass is 9.87. The molecule has 2 aliphatic rings. The summed E-state index contributed by atoms with van der Waals surface area (Å²) < 4.78 is 29.4. The van der Waals surface area contributed by atoms with Gasteiger partial charge >= 0.3 is 0 Å². The van der Waals surface area contributed by atoms with Crippen molar-refractivity contribution in [2.75, 3.05) is 24.7 Å². The number of nitrogens with zero attached hydrogens (tertiary/aromatic N) is 1. The minimum Gasteiger partial charge on any atom is -0.371 e. The average molecular weight is 268 g/mol. The molecule has 0 aliphatic carbocycles. The van der Waals surface area contributed by atoms with Crippen LogP contribution in [-0.4, -0.2) is 43.7 Å². The van der Waals surface area contributed by atoms with Crippen molar-refractivity contribution >= 4 is 9.84 Å². The number of hydrogen-bond acceptors (Lipinski definition) is 5. The molecule has 1 N–H and O–H groups in total. The van der Waals surface area contributed by atoms with Crippen LogP contribution in [0.5, 0.6) is 0 Å². The van der Waals surface area contributed by atoms with Crippen molar-refractivity contribution in [2.45, 2.75) is 18.1 Å². The van der Waals surface area contributed by atoms with E-state index in [-0.39, 0.29) is 17.5 Å². The first kappa shape index (κ1) is 12.1. The molecular weight excluding hydrogens is 252 g/mol. The summed E-state index contributed by atoms with van der Waals surface area (Å²) in [6, 6.07) is 3.74. The van der Waals surface area contributed by atoms with Crippen LogP contribution < -0.4 is 5.32 Å². The van der Waals surface area contributed by atoms with E-state index >= 15 is 0 Å². The molecule has 2 aliphatic heterocycles. The molecule has 18 heavy (non-hydrogen) atoms. The van der Waals surface area contributed by atoms with Crippen LogP contribution in [-0.2, 0) is 14.6 Å². The van der Waals surface area contributed by atoms with Gasteiger partial charge in [0.2, 0.25) is 0 Å². The molecule has 3 rings (SSSR count). The van der Waals surface area contributed by atoms with Crippen LogP contribution in [0.1, 0.15) is 18.0 Å². The Kier molecular flexibility index (Phi) is 2.88. The highest BCUT2D eigenvalue weighted by Crippen LogP contribution is 2.40. The number of pyridine rings is 1. The molecule has 5 nitrogen and oxygen atoms in total. The van der Waals surface area contributed by atoms with Crippen molar-refractivity contribution in [3.05, 3.63) is 30.1 Å². The normalized spacial score (nSPS) is 34.8. The summed E-state index contributed by atoms with van der Waals surface area (Å²) in [6.45, 7) is 1.30. The van der Waals surface area contributed by atoms with Crippen molar-refractivity contribution in [1.29, 1.82) is 0 Å². The molecule has 0 bridgehead atoms. The Morgan fingerprint density at radius 1 is 1.50 bits per heavy atom. The van der Waals surface area contributed by atoms with E-state index < -0.39 is 15.4 Å². The first-order valence-electron chi connectivity index (χ1n) is 6.09. The van der Waals surface area contributed by atoms with E-state index in [1.54, 1.807) is 12.4 Å². The van der Waals surface area contributed by atoms with Crippen molar-refractivity contribution in [3.8, 4) is 0 Å². The van der Waals surface area contributed by atoms with E-state index in [0.717, 1.165) is 12.1 Å². The molecule has 1 aromatic rings. The molecule has 2 fully saturated rings. The van der Waals surface area contributed by atoms with Gasteiger partial charge in [0.1, 0.15) is 5.60 Å². The molecule has 3 heterocycles. The summed E-state index contributed by atoms with van der Waals surface area (Å²) in [5, 5.41) is 3.38. The first-order valence-corrected chi connectivity index (χ1v) is 7.91. The van der Waals surface area contributed by atoms with E-state index in [2.05, 4.69) is 10.3 Å². The third-order valence-electron chi connectivity index (χ3n) is 3.68. The van der Waals surface area contributed by atoms with Gasteiger partial charge in [-0.1, -0.05) is 6.07 Å². The lowest BCUT2D eigenvalue weighted by Gasteiger charge is -2.41. The zero-order valence-corrected chi connectivity index (χ0v) is 10.8. The highest BCUT2D eigenvalue weighted by Gasteiger charge is 2.50. The van der Waals surface area contributed by atoms with Crippen LogP contribution >= 0.6 is 0 Å². The molecule has 2 unspecified atom stereocenters. The fourth-order valence-electron chi connectivity index (χ4n) is 2.88. The fourth-order valence-corrected chi connectivity index (χ4v) is 4.82. The van der Waals surface area contributed by atoms with Gasteiger partial charge in [0.15, 0.2) is 9.84 Å². The maximum absolute atomic E-state index is 11.8. The maximum atomic E-state index is 11.8. The Morgan fingerprint density at radius 3 is 3.06 bits per heavy atom. The van der Waals surface area contributed by atoms with Crippen LogP contribution in [0.25, 0.3) is 0 Å². The van der Waals surface area contributed by atoms with Gasteiger partial charge in [-0.3, -0.25) is 4.98 Å². The first-order chi connectivity index (χ1) is 8.61. The van der Waals surface area contributed by atoms with Gasteiger partial charge in [-0.15, -0.1) is 0 Å². The second-order valence-electron chi connectivity index (χ2n) is 4.93. The molecule has 1 aromatic heterocycles. The van der Waals surface area contributed by atoms with Gasteiger partial charge in [0.05, 0.1) is 24.2 Å². The molecule has 0 amide bonds. The largest absolute Gasteiger partial charge is 0.371 e. The topological polar surface area (TPSA) is 68.3 Å². The highest BCUT2D eigenvalue weighted by atomic mass is 32.2. The average Bonchev–Trinajstić information content (AvgIpc) is 2.67. The van der Waals surface area contributed by atoms with Gasteiger partial charge < -0.3 is 10.1 Å². The minimum atomic E-state index is -2.98. The second kappa shape index (κ2) is 4.29. The highest BCUT2D eigenvalue weighted by molar-refractivity contribution is 7.91. The van der Waals surface area contributed by atoms with Gasteiger partial charge in [-0.25, -0.2) is 8.42 Å². The number of nitrogens with one attached hydrogen (secondary N) is 1. The lowest BCUT2D eigenvalue weighted by Crippen LogP contribution is -2.53. The molecule has 6 heteroatoms. The van der Waals surface area contributed by atoms with Crippen LogP contribution in [0.2, 0.25) is 0 Å². The quantitative estimate of drug-likeness (QED) is 0.793. The maximum Gasteiger partial charge on any atom is 0.153 e. The van der Waals surface area contributed by atoms with E-state index in [1.807, 2.05) is 12.1 Å². The van der Waals surface area contributed by atoms with E-state index in [0.29, 0.717) is 13.0 Å². The summed E-state index contributed by atoms with van der Waals surface area (Å²) in [4.78, 5) is 4.11. The Hall–Kier alpha value is -0.980. The van der Waals surface area contributed by atoms with Crippen molar-refractivity contribution in [1.82, 2.24) is 10.3 Å². The van der Waals surface area contributed by atoms with Crippen LogP contribution in [0.15, 0.2) is 24.5 Å². The standard InChI is InChI=1S/C12H16N2O3S/c15-18(16)7-3-12(9-18)11(14-5-6-17-12)10-2-1-4-13-8-10/h1-2,4,8,11,14H,3,5-7,9H2. The van der Waals surface area contributed by atoms with E-state index in [1.165, 1.54) is 0 Å². The SMILES string of the molecule is O=S1(=O)CCC2(C1)OCCNC2c1cccnc1. The number of morpholine rings is 1. The Labute approximate surface area is 106 Å². The van der Waals surface area contributed by atoms with Crippen LogP contribution in [0, 0.1) is 0 Å². The lowest BCUT2D eigenvalue weighted by molar-refractivity contribution is -0.0800. The molecule has 1 spiro atoms. The minimum absolute atomic E-state index is 0.0859. The monoisotopic (exact) mass is 268 g/mol. The summed E-state index contributed by atoms with van der Waals surface area (Å²) in [7, 11) is -2.98. The fraction of sp³-hybridized carbons (Fsp3) is 0.583. The van der Waals surface area contributed by atoms with E-state index in [9.17, 15) is 8.42 Å². The van der Waals surface area contributed by atoms with Gasteiger partial charge in [-0.2, -0.15) is 0 Å². The Balaban J connectivity index is 1.97. The summed E-state index contributed by atoms with van der Waals surface area (Å²) in [5.74, 6) is 0.317. The third kappa shape index (κ3) is 2.04. The second-order valence-corrected chi connectivity index (χ2v) is 7.11. The smallest absolute Gasteiger partial charge is 0.153 e. The Morgan fingerprint density at radius 2 is 2.39 bits per heavy atom. The molecule has 2 saturated heterocycles. The van der Waals surface area contributed by atoms with Crippen LogP contribution in [0.3, 0.4) is 0 Å². The number of ether oxygens (including phenoxy) is 1. The zero-order valence-electron chi connectivity index (χ0n) is 10.0. The van der Waals surface area contributed by atoms with Crippen LogP contribution in [0.4, 0.5) is 0 Å². The predicted molar refractivity (Wildman–Crippen MR) is 66.9 cm³/mol. The molecule has 0 radical (unpaired) electrons. The van der Waals surface area contributed by atoms with Crippen molar-refractivity contribution in [3.63, 3.8) is 0 Å². The number of hydrogen-bond donors (Lipinski definition) is 1.